The summed E-state index contributed by atoms with van der Waals surface area (Å²) >= 11 is 0. The highest BCUT2D eigenvalue weighted by molar-refractivity contribution is 5.72. The summed E-state index contributed by atoms with van der Waals surface area (Å²) in [4.78, 5) is 10.5. The fourth-order valence-corrected chi connectivity index (χ4v) is 0.822. The molecule has 14 heavy (non-hydrogen) atoms. The highest BCUT2D eigenvalue weighted by atomic mass is 16.1. The molecule has 0 aliphatic rings. The second-order valence-electron chi connectivity index (χ2n) is 2.80. The molecule has 0 aromatic heterocycles. The quantitative estimate of drug-likeness (QED) is 0.745. The van der Waals surface area contributed by atoms with Gasteiger partial charge in [0.05, 0.1) is 0 Å². The van der Waals surface area contributed by atoms with E-state index in [4.69, 9.17) is 5.73 Å². The van der Waals surface area contributed by atoms with Crippen molar-refractivity contribution < 1.29 is 4.79 Å². The van der Waals surface area contributed by atoms with Crippen LogP contribution in [0.15, 0.2) is 30.3 Å². The smallest absolute Gasteiger partial charge is 0.217 e. The van der Waals surface area contributed by atoms with E-state index in [-0.39, 0.29) is 5.91 Å². The van der Waals surface area contributed by atoms with Gasteiger partial charge in [-0.1, -0.05) is 37.3 Å². The molecule has 1 amide bonds. The first-order valence-electron chi connectivity index (χ1n) is 4.69. The lowest BCUT2D eigenvalue weighted by atomic mass is 10.2. The molecule has 0 fully saturated rings. The van der Waals surface area contributed by atoms with Crippen molar-refractivity contribution in [1.82, 2.24) is 5.32 Å². The summed E-state index contributed by atoms with van der Waals surface area (Å²) < 4.78 is 0. The maximum Gasteiger partial charge on any atom is 0.217 e. The molecule has 3 nitrogen and oxygen atoms in total. The van der Waals surface area contributed by atoms with E-state index in [0.29, 0.717) is 6.54 Å². The Hall–Kier alpha value is -1.35. The van der Waals surface area contributed by atoms with Crippen molar-refractivity contribution >= 4 is 5.91 Å². The Kier molecular flexibility index (Phi) is 7.46. The summed E-state index contributed by atoms with van der Waals surface area (Å²) in [6.07, 6.45) is 0. The Morgan fingerprint density at radius 2 is 1.86 bits per heavy atom. The molecule has 0 saturated heterocycles. The highest BCUT2D eigenvalue weighted by Gasteiger charge is 1.91. The first-order chi connectivity index (χ1) is 6.70. The number of benzene rings is 1. The highest BCUT2D eigenvalue weighted by Crippen LogP contribution is 1.96. The fourth-order valence-electron chi connectivity index (χ4n) is 0.822. The van der Waals surface area contributed by atoms with Crippen molar-refractivity contribution in [2.45, 2.75) is 20.4 Å². The second-order valence-corrected chi connectivity index (χ2v) is 2.80. The molecule has 3 N–H and O–H groups in total. The van der Waals surface area contributed by atoms with Gasteiger partial charge in [-0.05, 0) is 12.1 Å². The molecule has 0 unspecified atom stereocenters. The number of nitrogens with two attached hydrogens (primary N) is 1. The van der Waals surface area contributed by atoms with Crippen molar-refractivity contribution in [1.29, 1.82) is 0 Å². The number of carbonyl (C=O) groups excluding carboxylic acids is 1. The van der Waals surface area contributed by atoms with Crippen LogP contribution in [-0.4, -0.2) is 12.5 Å². The third kappa shape index (κ3) is 7.31. The van der Waals surface area contributed by atoms with Gasteiger partial charge in [0.15, 0.2) is 0 Å². The van der Waals surface area contributed by atoms with Crippen molar-refractivity contribution in [3.05, 3.63) is 35.9 Å². The van der Waals surface area contributed by atoms with Crippen LogP contribution in [0.4, 0.5) is 0 Å². The summed E-state index contributed by atoms with van der Waals surface area (Å²) in [6.45, 7) is 4.79. The molecule has 0 bridgehead atoms. The van der Waals surface area contributed by atoms with Gasteiger partial charge in [-0.25, -0.2) is 0 Å². The molecule has 1 aromatic carbocycles. The molecule has 0 atom stereocenters. The zero-order valence-corrected chi connectivity index (χ0v) is 8.79. The van der Waals surface area contributed by atoms with E-state index in [2.05, 4.69) is 5.32 Å². The normalized spacial score (nSPS) is 8.50. The van der Waals surface area contributed by atoms with Crippen molar-refractivity contribution in [3.8, 4) is 0 Å². The average Bonchev–Trinajstić information content (AvgIpc) is 2.18. The summed E-state index contributed by atoms with van der Waals surface area (Å²) in [7, 11) is 0. The Morgan fingerprint density at radius 3 is 2.29 bits per heavy atom. The van der Waals surface area contributed by atoms with E-state index in [9.17, 15) is 4.79 Å². The van der Waals surface area contributed by atoms with E-state index in [0.717, 1.165) is 12.1 Å². The van der Waals surface area contributed by atoms with Crippen LogP contribution in [0, 0.1) is 0 Å². The SMILES string of the molecule is CC(=O)NCc1ccccc1.CCN. The molecule has 0 saturated carbocycles. The van der Waals surface area contributed by atoms with Crippen LogP contribution in [0.5, 0.6) is 0 Å². The van der Waals surface area contributed by atoms with Crippen molar-refractivity contribution in [2.24, 2.45) is 5.73 Å². The van der Waals surface area contributed by atoms with Gasteiger partial charge in [-0.15, -0.1) is 0 Å². The minimum absolute atomic E-state index is 0.00820. The molecule has 1 aromatic rings. The Morgan fingerprint density at radius 1 is 1.36 bits per heavy atom. The van der Waals surface area contributed by atoms with Gasteiger partial charge < -0.3 is 11.1 Å². The van der Waals surface area contributed by atoms with Crippen LogP contribution >= 0.6 is 0 Å². The summed E-state index contributed by atoms with van der Waals surface area (Å²) in [5.41, 5.74) is 5.97. The maximum atomic E-state index is 10.5. The van der Waals surface area contributed by atoms with Gasteiger partial charge in [0, 0.05) is 13.5 Å². The van der Waals surface area contributed by atoms with Gasteiger partial charge in [0.2, 0.25) is 5.91 Å². The fraction of sp³-hybridized carbons (Fsp3) is 0.364. The second kappa shape index (κ2) is 8.26. The zero-order chi connectivity index (χ0) is 10.8. The lowest BCUT2D eigenvalue weighted by Gasteiger charge is -2.00. The van der Waals surface area contributed by atoms with Crippen LogP contribution < -0.4 is 11.1 Å². The lowest BCUT2D eigenvalue weighted by Crippen LogP contribution is -2.18. The minimum atomic E-state index is 0.00820. The third-order valence-electron chi connectivity index (χ3n) is 1.38. The summed E-state index contributed by atoms with van der Waals surface area (Å²) in [6, 6.07) is 9.83. The summed E-state index contributed by atoms with van der Waals surface area (Å²) in [5.74, 6) is 0.00820. The lowest BCUT2D eigenvalue weighted by molar-refractivity contribution is -0.119. The number of hydrogen-bond acceptors (Lipinski definition) is 2. The first-order valence-corrected chi connectivity index (χ1v) is 4.69. The minimum Gasteiger partial charge on any atom is -0.352 e. The first kappa shape index (κ1) is 12.7. The molecule has 3 heteroatoms. The number of rotatable bonds is 2. The molecule has 0 heterocycles. The molecular formula is C11H18N2O. The standard InChI is InChI=1S/C9H11NO.C2H7N/c1-8(11)10-7-9-5-3-2-4-6-9;1-2-3/h2-6H,7H2,1H3,(H,10,11);2-3H2,1H3. The van der Waals surface area contributed by atoms with E-state index in [1.165, 1.54) is 6.92 Å². The predicted molar refractivity (Wildman–Crippen MR) is 58.7 cm³/mol. The van der Waals surface area contributed by atoms with Crippen LogP contribution in [0.25, 0.3) is 0 Å². The van der Waals surface area contributed by atoms with Crippen LogP contribution in [0.2, 0.25) is 0 Å². The van der Waals surface area contributed by atoms with Gasteiger partial charge in [0.25, 0.3) is 0 Å². The van der Waals surface area contributed by atoms with E-state index in [1.807, 2.05) is 37.3 Å². The van der Waals surface area contributed by atoms with E-state index < -0.39 is 0 Å². The molecule has 0 aliphatic carbocycles. The molecular weight excluding hydrogens is 176 g/mol. The van der Waals surface area contributed by atoms with Gasteiger partial charge in [-0.2, -0.15) is 0 Å². The average molecular weight is 194 g/mol. The summed E-state index contributed by atoms with van der Waals surface area (Å²) in [5, 5.41) is 2.72. The van der Waals surface area contributed by atoms with E-state index >= 15 is 0 Å². The third-order valence-corrected chi connectivity index (χ3v) is 1.38. The number of amides is 1. The molecule has 78 valence electrons. The zero-order valence-electron chi connectivity index (χ0n) is 8.79. The van der Waals surface area contributed by atoms with Gasteiger partial charge >= 0.3 is 0 Å². The Labute approximate surface area is 85.3 Å². The topological polar surface area (TPSA) is 55.1 Å². The molecule has 0 aliphatic heterocycles. The Balaban J connectivity index is 0.000000500. The number of nitrogens with one attached hydrogen (secondary N) is 1. The maximum absolute atomic E-state index is 10.5. The van der Waals surface area contributed by atoms with Crippen LogP contribution in [0.3, 0.4) is 0 Å². The number of hydrogen-bond donors (Lipinski definition) is 2. The monoisotopic (exact) mass is 194 g/mol. The van der Waals surface area contributed by atoms with E-state index in [1.54, 1.807) is 0 Å². The van der Waals surface area contributed by atoms with Crippen LogP contribution in [0.1, 0.15) is 19.4 Å². The van der Waals surface area contributed by atoms with Crippen molar-refractivity contribution in [3.63, 3.8) is 0 Å². The van der Waals surface area contributed by atoms with Crippen LogP contribution in [-0.2, 0) is 11.3 Å². The predicted octanol–water partition coefficient (Wildman–Crippen LogP) is 1.29. The molecule has 1 rings (SSSR count). The number of carbonyl (C=O) groups is 1. The molecule has 0 radical (unpaired) electrons. The Bertz CT molecular complexity index is 247. The molecule has 0 spiro atoms. The van der Waals surface area contributed by atoms with Gasteiger partial charge in [-0.3, -0.25) is 4.79 Å². The van der Waals surface area contributed by atoms with Gasteiger partial charge in [0.1, 0.15) is 0 Å². The largest absolute Gasteiger partial charge is 0.352 e. The van der Waals surface area contributed by atoms with Crippen molar-refractivity contribution in [2.75, 3.05) is 6.54 Å².